The van der Waals surface area contributed by atoms with Crippen molar-refractivity contribution in [1.29, 1.82) is 0 Å². The highest BCUT2D eigenvalue weighted by molar-refractivity contribution is 5.77. The van der Waals surface area contributed by atoms with Gasteiger partial charge in [-0.15, -0.1) is 0 Å². The third kappa shape index (κ3) is 6.37. The van der Waals surface area contributed by atoms with E-state index in [2.05, 4.69) is 20.8 Å². The van der Waals surface area contributed by atoms with Crippen molar-refractivity contribution < 1.29 is 19.4 Å². The van der Waals surface area contributed by atoms with Gasteiger partial charge in [-0.25, -0.2) is 4.79 Å². The molecule has 0 saturated carbocycles. The first-order chi connectivity index (χ1) is 12.4. The standard InChI is InChI=1S/C21H38N2O4/c1-20(2,3)17-14-16(24)9-12-23(17)18(25)13-15-7-10-22(11-8-15)19(26)27-21(4,5)6/h15-17,24H,7-14H2,1-6H3. The lowest BCUT2D eigenvalue weighted by Gasteiger charge is -2.45. The monoisotopic (exact) mass is 382 g/mol. The van der Waals surface area contributed by atoms with Crippen LogP contribution in [0.3, 0.4) is 0 Å². The van der Waals surface area contributed by atoms with Gasteiger partial charge in [0.05, 0.1) is 6.10 Å². The van der Waals surface area contributed by atoms with E-state index < -0.39 is 5.60 Å². The number of hydrogen-bond donors (Lipinski definition) is 1. The first-order valence-corrected chi connectivity index (χ1v) is 10.3. The lowest BCUT2D eigenvalue weighted by atomic mass is 9.79. The first kappa shape index (κ1) is 22.0. The first-order valence-electron chi connectivity index (χ1n) is 10.3. The molecule has 2 unspecified atom stereocenters. The summed E-state index contributed by atoms with van der Waals surface area (Å²) >= 11 is 0. The minimum Gasteiger partial charge on any atom is -0.444 e. The molecule has 1 N–H and O–H groups in total. The zero-order valence-corrected chi connectivity index (χ0v) is 18.0. The summed E-state index contributed by atoms with van der Waals surface area (Å²) in [5, 5.41) is 10.0. The van der Waals surface area contributed by atoms with E-state index in [4.69, 9.17) is 4.74 Å². The summed E-state index contributed by atoms with van der Waals surface area (Å²) in [6.07, 6.45) is 2.95. The van der Waals surface area contributed by atoms with E-state index in [-0.39, 0.29) is 29.6 Å². The molecule has 0 aromatic carbocycles. The molecule has 0 aromatic heterocycles. The minimum atomic E-state index is -0.481. The van der Waals surface area contributed by atoms with E-state index in [0.29, 0.717) is 44.8 Å². The molecule has 2 fully saturated rings. The van der Waals surface area contributed by atoms with Crippen molar-refractivity contribution in [2.75, 3.05) is 19.6 Å². The molecule has 2 rings (SSSR count). The Balaban J connectivity index is 1.87. The number of carbonyl (C=O) groups is 2. The molecular weight excluding hydrogens is 344 g/mol. The zero-order chi connectivity index (χ0) is 20.4. The number of rotatable bonds is 2. The Hall–Kier alpha value is -1.30. The number of ether oxygens (including phenoxy) is 1. The van der Waals surface area contributed by atoms with Crippen LogP contribution in [0.2, 0.25) is 0 Å². The van der Waals surface area contributed by atoms with Crippen LogP contribution in [0, 0.1) is 11.3 Å². The average molecular weight is 383 g/mol. The Morgan fingerprint density at radius 2 is 1.59 bits per heavy atom. The molecule has 0 radical (unpaired) electrons. The van der Waals surface area contributed by atoms with Crippen LogP contribution >= 0.6 is 0 Å². The van der Waals surface area contributed by atoms with Crippen molar-refractivity contribution in [3.8, 4) is 0 Å². The van der Waals surface area contributed by atoms with Gasteiger partial charge in [0.25, 0.3) is 0 Å². The van der Waals surface area contributed by atoms with Gasteiger partial charge in [-0.05, 0) is 57.8 Å². The maximum absolute atomic E-state index is 13.0. The molecule has 2 aliphatic heterocycles. The predicted octanol–water partition coefficient (Wildman–Crippen LogP) is 3.42. The molecule has 6 nitrogen and oxygen atoms in total. The Kier molecular flexibility index (Phi) is 6.82. The molecule has 0 aliphatic carbocycles. The maximum atomic E-state index is 13.0. The SMILES string of the molecule is CC(C)(C)OC(=O)N1CCC(CC(=O)N2CCC(O)CC2C(C)(C)C)CC1. The smallest absolute Gasteiger partial charge is 0.410 e. The molecule has 0 bridgehead atoms. The summed E-state index contributed by atoms with van der Waals surface area (Å²) in [7, 11) is 0. The molecule has 2 heterocycles. The van der Waals surface area contributed by atoms with Crippen molar-refractivity contribution in [2.24, 2.45) is 11.3 Å². The predicted molar refractivity (Wildman–Crippen MR) is 105 cm³/mol. The Bertz CT molecular complexity index is 527. The van der Waals surface area contributed by atoms with Crippen molar-refractivity contribution in [3.63, 3.8) is 0 Å². The molecule has 2 atom stereocenters. The second-order valence-electron chi connectivity index (χ2n) is 10.3. The molecule has 6 heteroatoms. The number of nitrogens with zero attached hydrogens (tertiary/aromatic N) is 2. The number of hydrogen-bond acceptors (Lipinski definition) is 4. The molecular formula is C21H38N2O4. The Labute approximate surface area is 164 Å². The van der Waals surface area contributed by atoms with Crippen molar-refractivity contribution in [3.05, 3.63) is 0 Å². The maximum Gasteiger partial charge on any atom is 0.410 e. The second kappa shape index (κ2) is 8.38. The van der Waals surface area contributed by atoms with Crippen LogP contribution in [0.5, 0.6) is 0 Å². The van der Waals surface area contributed by atoms with Crippen molar-refractivity contribution in [1.82, 2.24) is 9.80 Å². The summed E-state index contributed by atoms with van der Waals surface area (Å²) in [4.78, 5) is 28.9. The zero-order valence-electron chi connectivity index (χ0n) is 18.0. The summed E-state index contributed by atoms with van der Waals surface area (Å²) in [5.41, 5.74) is -0.526. The highest BCUT2D eigenvalue weighted by atomic mass is 16.6. The van der Waals surface area contributed by atoms with E-state index in [0.717, 1.165) is 12.8 Å². The topological polar surface area (TPSA) is 70.1 Å². The Morgan fingerprint density at radius 3 is 2.11 bits per heavy atom. The van der Waals surface area contributed by atoms with E-state index in [1.807, 2.05) is 25.7 Å². The highest BCUT2D eigenvalue weighted by Crippen LogP contribution is 2.33. The second-order valence-corrected chi connectivity index (χ2v) is 10.3. The van der Waals surface area contributed by atoms with Gasteiger partial charge >= 0.3 is 6.09 Å². The fourth-order valence-electron chi connectivity index (χ4n) is 4.08. The molecule has 0 spiro atoms. The van der Waals surface area contributed by atoms with E-state index in [9.17, 15) is 14.7 Å². The van der Waals surface area contributed by atoms with Gasteiger partial charge in [0.15, 0.2) is 0 Å². The quantitative estimate of drug-likeness (QED) is 0.794. The number of amides is 2. The van der Waals surface area contributed by atoms with Crippen LogP contribution in [-0.2, 0) is 9.53 Å². The van der Waals surface area contributed by atoms with E-state index in [1.165, 1.54) is 0 Å². The number of likely N-dealkylation sites (tertiary alicyclic amines) is 2. The normalized spacial score (nSPS) is 25.4. The number of piperidine rings is 2. The van der Waals surface area contributed by atoms with Crippen LogP contribution in [-0.4, -0.2) is 64.3 Å². The number of aliphatic hydroxyl groups is 1. The average Bonchev–Trinajstić information content (AvgIpc) is 2.53. The third-order valence-electron chi connectivity index (χ3n) is 5.62. The van der Waals surface area contributed by atoms with Gasteiger partial charge in [-0.1, -0.05) is 20.8 Å². The molecule has 2 amide bonds. The van der Waals surface area contributed by atoms with Gasteiger partial charge in [-0.2, -0.15) is 0 Å². The van der Waals surface area contributed by atoms with Gasteiger partial charge in [0.1, 0.15) is 5.60 Å². The van der Waals surface area contributed by atoms with Gasteiger partial charge < -0.3 is 19.6 Å². The molecule has 27 heavy (non-hydrogen) atoms. The van der Waals surface area contributed by atoms with Crippen molar-refractivity contribution >= 4 is 12.0 Å². The van der Waals surface area contributed by atoms with Crippen molar-refractivity contribution in [2.45, 2.75) is 91.4 Å². The van der Waals surface area contributed by atoms with Crippen LogP contribution in [0.1, 0.15) is 73.6 Å². The number of aliphatic hydroxyl groups excluding tert-OH is 1. The van der Waals surface area contributed by atoms with Gasteiger partial charge in [0, 0.05) is 32.1 Å². The summed E-state index contributed by atoms with van der Waals surface area (Å²) < 4.78 is 5.44. The summed E-state index contributed by atoms with van der Waals surface area (Å²) in [6, 6.07) is 0.0793. The number of carbonyl (C=O) groups excluding carboxylic acids is 2. The Morgan fingerprint density at radius 1 is 1.00 bits per heavy atom. The van der Waals surface area contributed by atoms with Crippen LogP contribution in [0.15, 0.2) is 0 Å². The minimum absolute atomic E-state index is 0.0445. The molecule has 156 valence electrons. The lowest BCUT2D eigenvalue weighted by Crippen LogP contribution is -2.53. The van der Waals surface area contributed by atoms with E-state index in [1.54, 1.807) is 4.90 Å². The lowest BCUT2D eigenvalue weighted by molar-refractivity contribution is -0.141. The molecule has 0 aromatic rings. The molecule has 2 saturated heterocycles. The van der Waals surface area contributed by atoms with Crippen LogP contribution < -0.4 is 0 Å². The van der Waals surface area contributed by atoms with Gasteiger partial charge in [0.2, 0.25) is 5.91 Å². The largest absolute Gasteiger partial charge is 0.444 e. The summed E-state index contributed by atoms with van der Waals surface area (Å²) in [5.74, 6) is 0.501. The fraction of sp³-hybridized carbons (Fsp3) is 0.905. The van der Waals surface area contributed by atoms with Crippen LogP contribution in [0.4, 0.5) is 4.79 Å². The molecule has 2 aliphatic rings. The van der Waals surface area contributed by atoms with Crippen LogP contribution in [0.25, 0.3) is 0 Å². The third-order valence-corrected chi connectivity index (χ3v) is 5.62. The van der Waals surface area contributed by atoms with E-state index >= 15 is 0 Å². The summed E-state index contributed by atoms with van der Waals surface area (Å²) in [6.45, 7) is 14.0. The highest BCUT2D eigenvalue weighted by Gasteiger charge is 2.38. The van der Waals surface area contributed by atoms with Gasteiger partial charge in [-0.3, -0.25) is 4.79 Å². The fourth-order valence-corrected chi connectivity index (χ4v) is 4.08.